The van der Waals surface area contributed by atoms with Gasteiger partial charge in [0.1, 0.15) is 5.60 Å². The molecule has 6 heteroatoms. The van der Waals surface area contributed by atoms with Gasteiger partial charge in [-0.2, -0.15) is 0 Å². The molecule has 0 fully saturated rings. The lowest BCUT2D eigenvalue weighted by atomic mass is 10.1. The second-order valence-electron chi connectivity index (χ2n) is 5.84. The molecule has 20 heavy (non-hydrogen) atoms. The molecule has 0 aromatic carbocycles. The first-order chi connectivity index (χ1) is 9.28. The Morgan fingerprint density at radius 3 is 2.40 bits per heavy atom. The standard InChI is InChI=1S/C14H28N2O4/c1-14(2,3)20-13(19)9-11(10-17)16-12(18)7-5-4-6-8-15/h11,17H,4-10,15H2,1-3H3,(H,16,18)/t11-/m0/s1. The maximum atomic E-state index is 11.6. The van der Waals surface area contributed by atoms with E-state index in [0.717, 1.165) is 19.3 Å². The lowest BCUT2D eigenvalue weighted by Crippen LogP contribution is -2.40. The van der Waals surface area contributed by atoms with Gasteiger partial charge in [-0.15, -0.1) is 0 Å². The molecule has 0 aliphatic rings. The van der Waals surface area contributed by atoms with E-state index < -0.39 is 17.6 Å². The van der Waals surface area contributed by atoms with Gasteiger partial charge in [-0.3, -0.25) is 9.59 Å². The summed E-state index contributed by atoms with van der Waals surface area (Å²) in [4.78, 5) is 23.2. The van der Waals surface area contributed by atoms with E-state index in [4.69, 9.17) is 10.5 Å². The largest absolute Gasteiger partial charge is 0.460 e. The molecule has 0 saturated carbocycles. The van der Waals surface area contributed by atoms with E-state index in [-0.39, 0.29) is 18.9 Å². The molecule has 118 valence electrons. The van der Waals surface area contributed by atoms with Crippen molar-refractivity contribution in [2.45, 2.75) is 64.5 Å². The zero-order chi connectivity index (χ0) is 15.6. The molecule has 0 bridgehead atoms. The minimum atomic E-state index is -0.591. The maximum Gasteiger partial charge on any atom is 0.308 e. The third-order valence-corrected chi connectivity index (χ3v) is 2.53. The molecule has 1 atom stereocenters. The fourth-order valence-electron chi connectivity index (χ4n) is 1.65. The number of carbonyl (C=O) groups excluding carboxylic acids is 2. The smallest absolute Gasteiger partial charge is 0.308 e. The van der Waals surface area contributed by atoms with E-state index >= 15 is 0 Å². The van der Waals surface area contributed by atoms with Crippen molar-refractivity contribution in [1.29, 1.82) is 0 Å². The number of carbonyl (C=O) groups is 2. The van der Waals surface area contributed by atoms with Crippen LogP contribution >= 0.6 is 0 Å². The number of aliphatic hydroxyl groups excluding tert-OH is 1. The fourth-order valence-corrected chi connectivity index (χ4v) is 1.65. The Kier molecular flexibility index (Phi) is 9.16. The maximum absolute atomic E-state index is 11.6. The summed E-state index contributed by atoms with van der Waals surface area (Å²) in [5.74, 6) is -0.593. The minimum Gasteiger partial charge on any atom is -0.460 e. The zero-order valence-corrected chi connectivity index (χ0v) is 12.8. The molecule has 0 radical (unpaired) electrons. The normalized spacial score (nSPS) is 12.8. The van der Waals surface area contributed by atoms with Crippen LogP contribution in [0.1, 0.15) is 52.9 Å². The summed E-state index contributed by atoms with van der Waals surface area (Å²) in [5.41, 5.74) is 4.80. The van der Waals surface area contributed by atoms with Gasteiger partial charge in [-0.05, 0) is 40.2 Å². The second kappa shape index (κ2) is 9.72. The predicted molar refractivity (Wildman–Crippen MR) is 77.0 cm³/mol. The first-order valence-electron chi connectivity index (χ1n) is 7.10. The number of amides is 1. The van der Waals surface area contributed by atoms with Crippen molar-refractivity contribution in [3.8, 4) is 0 Å². The quantitative estimate of drug-likeness (QED) is 0.428. The van der Waals surface area contributed by atoms with Crippen molar-refractivity contribution in [2.75, 3.05) is 13.2 Å². The van der Waals surface area contributed by atoms with Gasteiger partial charge in [0.2, 0.25) is 5.91 Å². The lowest BCUT2D eigenvalue weighted by molar-refractivity contribution is -0.155. The molecule has 0 aromatic heterocycles. The number of nitrogens with one attached hydrogen (secondary N) is 1. The Hall–Kier alpha value is -1.14. The summed E-state index contributed by atoms with van der Waals surface area (Å²) >= 11 is 0. The van der Waals surface area contributed by atoms with Crippen molar-refractivity contribution in [2.24, 2.45) is 5.73 Å². The first-order valence-corrected chi connectivity index (χ1v) is 7.10. The van der Waals surface area contributed by atoms with Gasteiger partial charge in [0.15, 0.2) is 0 Å². The van der Waals surface area contributed by atoms with Gasteiger partial charge in [0, 0.05) is 6.42 Å². The Morgan fingerprint density at radius 1 is 1.25 bits per heavy atom. The minimum absolute atomic E-state index is 0.0255. The summed E-state index contributed by atoms with van der Waals surface area (Å²) in [6.45, 7) is 5.66. The number of ether oxygens (including phenoxy) is 1. The summed E-state index contributed by atoms with van der Waals surface area (Å²) in [5, 5.41) is 11.8. The van der Waals surface area contributed by atoms with Gasteiger partial charge in [0.05, 0.1) is 19.1 Å². The first kappa shape index (κ1) is 18.9. The monoisotopic (exact) mass is 288 g/mol. The zero-order valence-electron chi connectivity index (χ0n) is 12.8. The van der Waals surface area contributed by atoms with Crippen molar-refractivity contribution in [3.05, 3.63) is 0 Å². The molecule has 0 saturated heterocycles. The number of nitrogens with two attached hydrogens (primary N) is 1. The van der Waals surface area contributed by atoms with Gasteiger partial charge >= 0.3 is 5.97 Å². The molecule has 0 aliphatic carbocycles. The number of unbranched alkanes of at least 4 members (excludes halogenated alkanes) is 2. The van der Waals surface area contributed by atoms with Crippen LogP contribution in [0.4, 0.5) is 0 Å². The SMILES string of the molecule is CC(C)(C)OC(=O)C[C@@H](CO)NC(=O)CCCCCN. The van der Waals surface area contributed by atoms with E-state index in [9.17, 15) is 14.7 Å². The highest BCUT2D eigenvalue weighted by Gasteiger charge is 2.21. The number of aliphatic hydroxyl groups is 1. The summed E-state index contributed by atoms with van der Waals surface area (Å²) in [7, 11) is 0. The van der Waals surface area contributed by atoms with Gasteiger partial charge < -0.3 is 20.9 Å². The summed E-state index contributed by atoms with van der Waals surface area (Å²) in [6, 6.07) is -0.591. The van der Waals surface area contributed by atoms with Crippen LogP contribution in [0.15, 0.2) is 0 Å². The van der Waals surface area contributed by atoms with Crippen LogP contribution in [0.3, 0.4) is 0 Å². The van der Waals surface area contributed by atoms with E-state index in [1.54, 1.807) is 20.8 Å². The summed E-state index contributed by atoms with van der Waals surface area (Å²) in [6.07, 6.45) is 2.91. The van der Waals surface area contributed by atoms with Gasteiger partial charge in [-0.25, -0.2) is 0 Å². The van der Waals surface area contributed by atoms with Crippen molar-refractivity contribution >= 4 is 11.9 Å². The highest BCUT2D eigenvalue weighted by Crippen LogP contribution is 2.09. The molecule has 4 N–H and O–H groups in total. The van der Waals surface area contributed by atoms with Crippen molar-refractivity contribution in [3.63, 3.8) is 0 Å². The Labute approximate surface area is 121 Å². The Balaban J connectivity index is 4.02. The molecule has 0 aromatic rings. The second-order valence-corrected chi connectivity index (χ2v) is 5.84. The van der Waals surface area contributed by atoms with Crippen LogP contribution in [0, 0.1) is 0 Å². The number of rotatable bonds is 9. The predicted octanol–water partition coefficient (Wildman–Crippen LogP) is 0.714. The molecular weight excluding hydrogens is 260 g/mol. The van der Waals surface area contributed by atoms with E-state index in [1.807, 2.05) is 0 Å². The fraction of sp³-hybridized carbons (Fsp3) is 0.857. The van der Waals surface area contributed by atoms with Gasteiger partial charge in [-0.1, -0.05) is 6.42 Å². The Bertz CT molecular complexity index is 300. The highest BCUT2D eigenvalue weighted by atomic mass is 16.6. The third-order valence-electron chi connectivity index (χ3n) is 2.53. The average Bonchev–Trinajstić information content (AvgIpc) is 2.31. The summed E-state index contributed by atoms with van der Waals surface area (Å²) < 4.78 is 5.15. The van der Waals surface area contributed by atoms with Crippen LogP contribution in [-0.2, 0) is 14.3 Å². The third kappa shape index (κ3) is 10.8. The highest BCUT2D eigenvalue weighted by molar-refractivity contribution is 5.77. The van der Waals surface area contributed by atoms with Gasteiger partial charge in [0.25, 0.3) is 0 Å². The molecule has 6 nitrogen and oxygen atoms in total. The van der Waals surface area contributed by atoms with Crippen LogP contribution < -0.4 is 11.1 Å². The van der Waals surface area contributed by atoms with Crippen molar-refractivity contribution in [1.82, 2.24) is 5.32 Å². The Morgan fingerprint density at radius 2 is 1.90 bits per heavy atom. The van der Waals surface area contributed by atoms with E-state index in [1.165, 1.54) is 0 Å². The molecule has 0 aliphatic heterocycles. The molecule has 1 amide bonds. The van der Waals surface area contributed by atoms with Crippen LogP contribution in [0.2, 0.25) is 0 Å². The average molecular weight is 288 g/mol. The van der Waals surface area contributed by atoms with Crippen LogP contribution in [-0.4, -0.2) is 41.8 Å². The lowest BCUT2D eigenvalue weighted by Gasteiger charge is -2.22. The molecule has 0 heterocycles. The van der Waals surface area contributed by atoms with E-state index in [0.29, 0.717) is 13.0 Å². The molecule has 0 rings (SSSR count). The van der Waals surface area contributed by atoms with E-state index in [2.05, 4.69) is 5.32 Å². The number of esters is 1. The molecule has 0 unspecified atom stereocenters. The number of hydrogen-bond acceptors (Lipinski definition) is 5. The number of hydrogen-bond donors (Lipinski definition) is 3. The van der Waals surface area contributed by atoms with Crippen LogP contribution in [0.5, 0.6) is 0 Å². The molecular formula is C14H28N2O4. The van der Waals surface area contributed by atoms with Crippen LogP contribution in [0.25, 0.3) is 0 Å². The van der Waals surface area contributed by atoms with Crippen molar-refractivity contribution < 1.29 is 19.4 Å². The molecule has 0 spiro atoms. The topological polar surface area (TPSA) is 102 Å².